The first-order chi connectivity index (χ1) is 8.39. The third-order valence-electron chi connectivity index (χ3n) is 3.42. The lowest BCUT2D eigenvalue weighted by atomic mass is 10.1. The summed E-state index contributed by atoms with van der Waals surface area (Å²) in [7, 11) is 0. The Bertz CT molecular complexity index is 177. The van der Waals surface area contributed by atoms with Gasteiger partial charge in [-0.1, -0.05) is 57.8 Å². The lowest BCUT2D eigenvalue weighted by Gasteiger charge is -2.08. The Balaban J connectivity index is 2.11. The van der Waals surface area contributed by atoms with Gasteiger partial charge in [0.2, 0.25) is 0 Å². The molecule has 0 aromatic rings. The van der Waals surface area contributed by atoms with Gasteiger partial charge in [0.15, 0.2) is 0 Å². The number of hydrogen-bond donors (Lipinski definition) is 2. The molecule has 100 valence electrons. The Hall–Kier alpha value is -0.730. The van der Waals surface area contributed by atoms with Crippen LogP contribution in [0.1, 0.15) is 70.6 Å². The first-order valence-electron chi connectivity index (χ1n) is 7.41. The Morgan fingerprint density at radius 1 is 0.529 bits per heavy atom. The second kappa shape index (κ2) is 10.4. The van der Waals surface area contributed by atoms with Crippen molar-refractivity contribution in [1.29, 1.82) is 0 Å². The molecule has 0 radical (unpaired) electrons. The standard InChI is InChI=1S/C14H28N2O/c17-14-15-12-10-8-6-4-2-1-3-5-7-9-11-13-16-14/h1-13H2,(H2,15,16,17). The van der Waals surface area contributed by atoms with Gasteiger partial charge in [-0.15, -0.1) is 0 Å². The van der Waals surface area contributed by atoms with Crippen molar-refractivity contribution in [3.05, 3.63) is 0 Å². The monoisotopic (exact) mass is 240 g/mol. The minimum absolute atomic E-state index is 0.0112. The van der Waals surface area contributed by atoms with Crippen molar-refractivity contribution >= 4 is 6.03 Å². The number of urea groups is 1. The quantitative estimate of drug-likeness (QED) is 0.667. The zero-order valence-electron chi connectivity index (χ0n) is 11.1. The van der Waals surface area contributed by atoms with Gasteiger partial charge < -0.3 is 10.6 Å². The molecule has 0 atom stereocenters. The van der Waals surface area contributed by atoms with E-state index in [-0.39, 0.29) is 6.03 Å². The number of hydrogen-bond acceptors (Lipinski definition) is 1. The average molecular weight is 240 g/mol. The van der Waals surface area contributed by atoms with Crippen LogP contribution in [0.2, 0.25) is 0 Å². The van der Waals surface area contributed by atoms with Crippen LogP contribution in [0.5, 0.6) is 0 Å². The topological polar surface area (TPSA) is 41.1 Å². The fraction of sp³-hybridized carbons (Fsp3) is 0.929. The molecule has 17 heavy (non-hydrogen) atoms. The molecule has 2 N–H and O–H groups in total. The first kappa shape index (κ1) is 14.3. The molecule has 0 spiro atoms. The maximum Gasteiger partial charge on any atom is 0.314 e. The molecule has 1 aliphatic heterocycles. The van der Waals surface area contributed by atoms with E-state index in [2.05, 4.69) is 10.6 Å². The largest absolute Gasteiger partial charge is 0.338 e. The summed E-state index contributed by atoms with van der Waals surface area (Å²) in [6.07, 6.45) is 14.3. The molecule has 0 aromatic carbocycles. The summed E-state index contributed by atoms with van der Waals surface area (Å²) >= 11 is 0. The summed E-state index contributed by atoms with van der Waals surface area (Å²) in [6.45, 7) is 1.65. The Labute approximate surface area is 106 Å². The Morgan fingerprint density at radius 3 is 1.18 bits per heavy atom. The highest BCUT2D eigenvalue weighted by Gasteiger charge is 1.99. The summed E-state index contributed by atoms with van der Waals surface area (Å²) in [4.78, 5) is 11.4. The Morgan fingerprint density at radius 2 is 0.824 bits per heavy atom. The normalized spacial score (nSPS) is 22.5. The van der Waals surface area contributed by atoms with Crippen molar-refractivity contribution in [3.8, 4) is 0 Å². The van der Waals surface area contributed by atoms with Crippen molar-refractivity contribution in [2.45, 2.75) is 70.6 Å². The highest BCUT2D eigenvalue weighted by molar-refractivity contribution is 5.73. The van der Waals surface area contributed by atoms with E-state index in [1.165, 1.54) is 57.8 Å². The molecule has 3 nitrogen and oxygen atoms in total. The molecule has 1 rings (SSSR count). The van der Waals surface area contributed by atoms with Crippen LogP contribution >= 0.6 is 0 Å². The summed E-state index contributed by atoms with van der Waals surface area (Å²) < 4.78 is 0. The number of carbonyl (C=O) groups excluding carboxylic acids is 1. The second-order valence-electron chi connectivity index (χ2n) is 5.07. The third-order valence-corrected chi connectivity index (χ3v) is 3.42. The van der Waals surface area contributed by atoms with Gasteiger partial charge in [-0.05, 0) is 12.8 Å². The van der Waals surface area contributed by atoms with Crippen molar-refractivity contribution in [1.82, 2.24) is 10.6 Å². The van der Waals surface area contributed by atoms with Gasteiger partial charge >= 0.3 is 6.03 Å². The van der Waals surface area contributed by atoms with E-state index in [1.54, 1.807) is 0 Å². The van der Waals surface area contributed by atoms with Crippen molar-refractivity contribution < 1.29 is 4.79 Å². The van der Waals surface area contributed by atoms with Gasteiger partial charge in [-0.2, -0.15) is 0 Å². The van der Waals surface area contributed by atoms with Crippen LogP contribution in [0.4, 0.5) is 4.79 Å². The van der Waals surface area contributed by atoms with Crippen LogP contribution in [0.25, 0.3) is 0 Å². The summed E-state index contributed by atoms with van der Waals surface area (Å²) in [5.74, 6) is 0. The highest BCUT2D eigenvalue weighted by atomic mass is 16.2. The SMILES string of the molecule is O=C1NCCCCCCCCCCCCCN1. The summed E-state index contributed by atoms with van der Waals surface area (Å²) in [6, 6.07) is 0.0112. The zero-order valence-corrected chi connectivity index (χ0v) is 11.1. The second-order valence-corrected chi connectivity index (χ2v) is 5.07. The van der Waals surface area contributed by atoms with E-state index in [9.17, 15) is 4.79 Å². The lowest BCUT2D eigenvalue weighted by molar-refractivity contribution is 0.240. The molecule has 3 heteroatoms. The minimum atomic E-state index is 0.0112. The first-order valence-corrected chi connectivity index (χ1v) is 7.41. The van der Waals surface area contributed by atoms with E-state index in [4.69, 9.17) is 0 Å². The van der Waals surface area contributed by atoms with E-state index >= 15 is 0 Å². The van der Waals surface area contributed by atoms with Gasteiger partial charge in [0.25, 0.3) is 0 Å². The molecule has 1 saturated heterocycles. The fourth-order valence-electron chi connectivity index (χ4n) is 2.31. The molecular formula is C14H28N2O. The van der Waals surface area contributed by atoms with Crippen LogP contribution in [0, 0.1) is 0 Å². The number of carbonyl (C=O) groups is 1. The lowest BCUT2D eigenvalue weighted by Crippen LogP contribution is -2.36. The maximum absolute atomic E-state index is 11.4. The van der Waals surface area contributed by atoms with Gasteiger partial charge in [-0.3, -0.25) is 0 Å². The van der Waals surface area contributed by atoms with Gasteiger partial charge in [0.05, 0.1) is 0 Å². The van der Waals surface area contributed by atoms with Gasteiger partial charge in [0.1, 0.15) is 0 Å². The van der Waals surface area contributed by atoms with Gasteiger partial charge in [0, 0.05) is 13.1 Å². The smallest absolute Gasteiger partial charge is 0.314 e. The van der Waals surface area contributed by atoms with E-state index in [0.29, 0.717) is 0 Å². The van der Waals surface area contributed by atoms with Gasteiger partial charge in [-0.25, -0.2) is 4.79 Å². The maximum atomic E-state index is 11.4. The number of amides is 2. The van der Waals surface area contributed by atoms with Crippen LogP contribution in [0.3, 0.4) is 0 Å². The molecule has 0 aliphatic carbocycles. The van der Waals surface area contributed by atoms with E-state index in [0.717, 1.165) is 25.9 Å². The molecule has 0 saturated carbocycles. The fourth-order valence-corrected chi connectivity index (χ4v) is 2.31. The number of nitrogens with one attached hydrogen (secondary N) is 2. The summed E-state index contributed by atoms with van der Waals surface area (Å²) in [5.41, 5.74) is 0. The predicted octanol–water partition coefficient (Wildman–Crippen LogP) is 3.59. The highest BCUT2D eigenvalue weighted by Crippen LogP contribution is 2.11. The molecule has 0 bridgehead atoms. The predicted molar refractivity (Wildman–Crippen MR) is 72.2 cm³/mol. The van der Waals surface area contributed by atoms with Crippen LogP contribution < -0.4 is 10.6 Å². The molecule has 1 aliphatic rings. The zero-order chi connectivity index (χ0) is 12.2. The van der Waals surface area contributed by atoms with Crippen LogP contribution in [-0.2, 0) is 0 Å². The molecule has 1 heterocycles. The van der Waals surface area contributed by atoms with E-state index < -0.39 is 0 Å². The minimum Gasteiger partial charge on any atom is -0.338 e. The third kappa shape index (κ3) is 9.02. The molecule has 0 aromatic heterocycles. The van der Waals surface area contributed by atoms with Crippen LogP contribution in [0.15, 0.2) is 0 Å². The molecule has 2 amide bonds. The average Bonchev–Trinajstić information content (AvgIpc) is 2.32. The molecular weight excluding hydrogens is 212 g/mol. The van der Waals surface area contributed by atoms with Crippen molar-refractivity contribution in [3.63, 3.8) is 0 Å². The van der Waals surface area contributed by atoms with Crippen molar-refractivity contribution in [2.75, 3.05) is 13.1 Å². The molecule has 1 fully saturated rings. The number of rotatable bonds is 0. The van der Waals surface area contributed by atoms with Crippen molar-refractivity contribution in [2.24, 2.45) is 0 Å². The van der Waals surface area contributed by atoms with Crippen LogP contribution in [-0.4, -0.2) is 19.1 Å². The van der Waals surface area contributed by atoms with E-state index in [1.807, 2.05) is 0 Å². The Kier molecular flexibility index (Phi) is 8.79. The molecule has 0 unspecified atom stereocenters. The summed E-state index contributed by atoms with van der Waals surface area (Å²) in [5, 5.41) is 5.83.